The van der Waals surface area contributed by atoms with E-state index in [1.165, 1.54) is 22.0 Å². The van der Waals surface area contributed by atoms with Gasteiger partial charge in [-0.05, 0) is 43.2 Å². The van der Waals surface area contributed by atoms with E-state index in [0.717, 1.165) is 0 Å². The molecule has 55 valence electrons. The number of aromatic amines is 1. The van der Waals surface area contributed by atoms with Crippen LogP contribution >= 0.6 is 0 Å². The Hall–Kier alpha value is -1.24. The molecule has 2 rings (SSSR count). The SMILES string of the molecule is Cc1[c]cc(C)c2[nH]ccc12. The van der Waals surface area contributed by atoms with Crippen LogP contribution in [0.4, 0.5) is 0 Å². The van der Waals surface area contributed by atoms with E-state index >= 15 is 0 Å². The predicted octanol–water partition coefficient (Wildman–Crippen LogP) is 2.58. The Bertz CT molecular complexity index is 349. The number of aryl methyl sites for hydroxylation is 2. The topological polar surface area (TPSA) is 15.8 Å². The van der Waals surface area contributed by atoms with Crippen molar-refractivity contribution >= 4 is 10.9 Å². The van der Waals surface area contributed by atoms with E-state index < -0.39 is 0 Å². The monoisotopic (exact) mass is 144 g/mol. The lowest BCUT2D eigenvalue weighted by Gasteiger charge is -1.97. The highest BCUT2D eigenvalue weighted by molar-refractivity contribution is 5.85. The van der Waals surface area contributed by atoms with Crippen LogP contribution in [0, 0.1) is 19.9 Å². The average molecular weight is 144 g/mol. The highest BCUT2D eigenvalue weighted by atomic mass is 14.7. The van der Waals surface area contributed by atoms with Gasteiger partial charge in [0.15, 0.2) is 0 Å². The summed E-state index contributed by atoms with van der Waals surface area (Å²) < 4.78 is 0. The fraction of sp³-hybridized carbons (Fsp3) is 0.200. The zero-order chi connectivity index (χ0) is 7.84. The molecule has 1 radical (unpaired) electrons. The van der Waals surface area contributed by atoms with Crippen LogP contribution in [0.15, 0.2) is 18.3 Å². The van der Waals surface area contributed by atoms with Crippen molar-refractivity contribution < 1.29 is 0 Å². The van der Waals surface area contributed by atoms with Crippen LogP contribution in [0.2, 0.25) is 0 Å². The minimum Gasteiger partial charge on any atom is -0.361 e. The molecule has 1 nitrogen and oxygen atoms in total. The maximum Gasteiger partial charge on any atom is 0.0486 e. The van der Waals surface area contributed by atoms with Crippen molar-refractivity contribution in [1.82, 2.24) is 4.98 Å². The fourth-order valence-corrected chi connectivity index (χ4v) is 1.37. The number of hydrogen-bond donors (Lipinski definition) is 1. The van der Waals surface area contributed by atoms with Crippen molar-refractivity contribution in [3.8, 4) is 0 Å². The van der Waals surface area contributed by atoms with Gasteiger partial charge < -0.3 is 4.98 Å². The second kappa shape index (κ2) is 2.12. The van der Waals surface area contributed by atoms with Crippen LogP contribution in [0.1, 0.15) is 11.1 Å². The van der Waals surface area contributed by atoms with E-state index in [0.29, 0.717) is 0 Å². The molecule has 0 amide bonds. The summed E-state index contributed by atoms with van der Waals surface area (Å²) in [6.07, 6.45) is 1.97. The lowest BCUT2D eigenvalue weighted by atomic mass is 10.1. The maximum absolute atomic E-state index is 3.21. The first-order valence-corrected chi connectivity index (χ1v) is 3.74. The highest BCUT2D eigenvalue weighted by Gasteiger charge is 1.99. The quantitative estimate of drug-likeness (QED) is 0.585. The van der Waals surface area contributed by atoms with Gasteiger partial charge in [0.2, 0.25) is 0 Å². The molecule has 0 saturated heterocycles. The Kier molecular flexibility index (Phi) is 1.25. The van der Waals surface area contributed by atoms with Crippen molar-refractivity contribution in [1.29, 1.82) is 0 Å². The van der Waals surface area contributed by atoms with Crippen LogP contribution < -0.4 is 0 Å². The van der Waals surface area contributed by atoms with Gasteiger partial charge >= 0.3 is 0 Å². The Morgan fingerprint density at radius 1 is 1.36 bits per heavy atom. The molecule has 1 aromatic heterocycles. The van der Waals surface area contributed by atoms with E-state index in [4.69, 9.17) is 0 Å². The molecular weight excluding hydrogens is 134 g/mol. The highest BCUT2D eigenvalue weighted by Crippen LogP contribution is 2.19. The standard InChI is InChI=1S/C10H10N/c1-7-3-4-8(2)10-9(7)5-6-11-10/h4-6,11H,1-2H3. The van der Waals surface area contributed by atoms with E-state index in [2.05, 4.69) is 31.0 Å². The van der Waals surface area contributed by atoms with Gasteiger partial charge in [-0.15, -0.1) is 0 Å². The number of nitrogens with one attached hydrogen (secondary N) is 1. The van der Waals surface area contributed by atoms with Gasteiger partial charge in [0.25, 0.3) is 0 Å². The largest absolute Gasteiger partial charge is 0.361 e. The van der Waals surface area contributed by atoms with E-state index in [-0.39, 0.29) is 0 Å². The molecule has 1 heteroatoms. The lowest BCUT2D eigenvalue weighted by Crippen LogP contribution is -1.79. The molecule has 0 bridgehead atoms. The molecule has 0 fully saturated rings. The van der Waals surface area contributed by atoms with E-state index in [1.807, 2.05) is 12.3 Å². The molecule has 0 aliphatic heterocycles. The molecule has 11 heavy (non-hydrogen) atoms. The zero-order valence-electron chi connectivity index (χ0n) is 6.73. The number of benzene rings is 1. The van der Waals surface area contributed by atoms with Gasteiger partial charge in [0.05, 0.1) is 0 Å². The number of H-pyrrole nitrogens is 1. The van der Waals surface area contributed by atoms with Crippen molar-refractivity contribution in [2.45, 2.75) is 13.8 Å². The first-order valence-electron chi connectivity index (χ1n) is 3.74. The van der Waals surface area contributed by atoms with Gasteiger partial charge in [-0.1, -0.05) is 0 Å². The number of fused-ring (bicyclic) bond motifs is 1. The number of aromatic nitrogens is 1. The lowest BCUT2D eigenvalue weighted by molar-refractivity contribution is 1.40. The van der Waals surface area contributed by atoms with Crippen LogP contribution in [0.25, 0.3) is 10.9 Å². The first-order chi connectivity index (χ1) is 5.29. The van der Waals surface area contributed by atoms with E-state index in [9.17, 15) is 0 Å². The second-order valence-corrected chi connectivity index (χ2v) is 2.86. The number of hydrogen-bond acceptors (Lipinski definition) is 0. The van der Waals surface area contributed by atoms with Gasteiger partial charge in [-0.3, -0.25) is 0 Å². The van der Waals surface area contributed by atoms with Gasteiger partial charge in [-0.25, -0.2) is 0 Å². The minimum atomic E-state index is 1.21. The second-order valence-electron chi connectivity index (χ2n) is 2.86. The third kappa shape index (κ3) is 0.845. The summed E-state index contributed by atoms with van der Waals surface area (Å²) in [5.74, 6) is 0. The van der Waals surface area contributed by atoms with Crippen molar-refractivity contribution in [2.75, 3.05) is 0 Å². The Labute approximate surface area is 66.1 Å². The molecule has 0 atom stereocenters. The molecule has 1 aromatic carbocycles. The summed E-state index contributed by atoms with van der Waals surface area (Å²) in [5, 5.41) is 1.28. The summed E-state index contributed by atoms with van der Waals surface area (Å²) in [7, 11) is 0. The molecule has 0 aliphatic carbocycles. The smallest absolute Gasteiger partial charge is 0.0486 e. The Morgan fingerprint density at radius 3 is 2.91 bits per heavy atom. The normalized spacial score (nSPS) is 10.7. The molecular formula is C10H10N. The van der Waals surface area contributed by atoms with Crippen LogP contribution in [-0.4, -0.2) is 4.98 Å². The summed E-state index contributed by atoms with van der Waals surface area (Å²) >= 11 is 0. The number of rotatable bonds is 0. The van der Waals surface area contributed by atoms with Gasteiger partial charge in [0.1, 0.15) is 0 Å². The van der Waals surface area contributed by atoms with Crippen LogP contribution in [0.3, 0.4) is 0 Å². The third-order valence-corrected chi connectivity index (χ3v) is 2.05. The Morgan fingerprint density at radius 2 is 2.18 bits per heavy atom. The molecule has 1 heterocycles. The van der Waals surface area contributed by atoms with E-state index in [1.54, 1.807) is 0 Å². The predicted molar refractivity (Wildman–Crippen MR) is 46.6 cm³/mol. The molecule has 0 saturated carbocycles. The minimum absolute atomic E-state index is 1.21. The van der Waals surface area contributed by atoms with Crippen LogP contribution in [-0.2, 0) is 0 Å². The Balaban J connectivity index is 2.96. The fourth-order valence-electron chi connectivity index (χ4n) is 1.37. The summed E-state index contributed by atoms with van der Waals surface area (Å²) in [5.41, 5.74) is 3.71. The zero-order valence-corrected chi connectivity index (χ0v) is 6.73. The molecule has 0 aliphatic rings. The molecule has 2 aromatic rings. The van der Waals surface area contributed by atoms with Crippen molar-refractivity contribution in [3.63, 3.8) is 0 Å². The molecule has 1 N–H and O–H groups in total. The van der Waals surface area contributed by atoms with Gasteiger partial charge in [-0.2, -0.15) is 0 Å². The summed E-state index contributed by atoms with van der Waals surface area (Å²) in [4.78, 5) is 3.21. The van der Waals surface area contributed by atoms with Crippen LogP contribution in [0.5, 0.6) is 0 Å². The summed E-state index contributed by atoms with van der Waals surface area (Å²) in [6, 6.07) is 7.32. The first kappa shape index (κ1) is 6.47. The third-order valence-electron chi connectivity index (χ3n) is 2.05. The average Bonchev–Trinajstić information content (AvgIpc) is 2.45. The molecule has 0 spiro atoms. The molecule has 0 unspecified atom stereocenters. The van der Waals surface area contributed by atoms with Crippen molar-refractivity contribution in [3.05, 3.63) is 35.5 Å². The summed E-state index contributed by atoms with van der Waals surface area (Å²) in [6.45, 7) is 4.17. The van der Waals surface area contributed by atoms with Gasteiger partial charge in [0, 0.05) is 17.1 Å². The maximum atomic E-state index is 3.21. The van der Waals surface area contributed by atoms with Crippen molar-refractivity contribution in [2.24, 2.45) is 0 Å².